The number of benzene rings is 1. The molecule has 1 unspecified atom stereocenters. The minimum atomic E-state index is -0.117. The van der Waals surface area contributed by atoms with E-state index in [4.69, 9.17) is 5.26 Å². The van der Waals surface area contributed by atoms with E-state index in [-0.39, 0.29) is 24.4 Å². The molecule has 1 fully saturated rings. The summed E-state index contributed by atoms with van der Waals surface area (Å²) in [6.45, 7) is 3.26. The lowest BCUT2D eigenvalue weighted by molar-refractivity contribution is -0.119. The van der Waals surface area contributed by atoms with Gasteiger partial charge in [-0.2, -0.15) is 5.26 Å². The Morgan fingerprint density at radius 3 is 3.00 bits per heavy atom. The van der Waals surface area contributed by atoms with Gasteiger partial charge in [-0.25, -0.2) is 0 Å². The van der Waals surface area contributed by atoms with Gasteiger partial charge in [0.25, 0.3) is 0 Å². The predicted molar refractivity (Wildman–Crippen MR) is 78.4 cm³/mol. The zero-order chi connectivity index (χ0) is 15.2. The standard InChI is InChI=1S/C15H18N4O2/c1-11(20)17-14-5-6-19(9-14)10-15(21)18-13-4-2-3-12(7-13)8-16/h2-4,7,14H,5-6,9-10H2,1H3,(H,17,20)(H,18,21). The second-order valence-corrected chi connectivity index (χ2v) is 5.16. The van der Waals surface area contributed by atoms with Crippen LogP contribution in [0.5, 0.6) is 0 Å². The molecule has 1 atom stereocenters. The van der Waals surface area contributed by atoms with Crippen molar-refractivity contribution in [1.29, 1.82) is 5.26 Å². The van der Waals surface area contributed by atoms with E-state index in [1.807, 2.05) is 11.0 Å². The monoisotopic (exact) mass is 286 g/mol. The smallest absolute Gasteiger partial charge is 0.238 e. The van der Waals surface area contributed by atoms with E-state index in [0.29, 0.717) is 17.8 Å². The Balaban J connectivity index is 1.82. The number of anilines is 1. The Labute approximate surface area is 123 Å². The molecule has 6 heteroatoms. The zero-order valence-corrected chi connectivity index (χ0v) is 11.9. The molecule has 0 spiro atoms. The SMILES string of the molecule is CC(=O)NC1CCN(CC(=O)Nc2cccc(C#N)c2)C1. The van der Waals surface area contributed by atoms with Crippen LogP contribution in [-0.4, -0.2) is 42.4 Å². The molecule has 1 saturated heterocycles. The molecule has 21 heavy (non-hydrogen) atoms. The summed E-state index contributed by atoms with van der Waals surface area (Å²) >= 11 is 0. The minimum absolute atomic E-state index is 0.0420. The average Bonchev–Trinajstić information content (AvgIpc) is 2.85. The fraction of sp³-hybridized carbons (Fsp3) is 0.400. The van der Waals surface area contributed by atoms with E-state index in [2.05, 4.69) is 10.6 Å². The van der Waals surface area contributed by atoms with Crippen LogP contribution in [-0.2, 0) is 9.59 Å². The van der Waals surface area contributed by atoms with Gasteiger partial charge in [-0.3, -0.25) is 14.5 Å². The van der Waals surface area contributed by atoms with Crippen molar-refractivity contribution in [3.05, 3.63) is 29.8 Å². The van der Waals surface area contributed by atoms with Gasteiger partial charge < -0.3 is 10.6 Å². The van der Waals surface area contributed by atoms with Gasteiger partial charge in [-0.05, 0) is 24.6 Å². The van der Waals surface area contributed by atoms with Gasteiger partial charge in [0.05, 0.1) is 18.2 Å². The van der Waals surface area contributed by atoms with E-state index in [0.717, 1.165) is 13.0 Å². The molecule has 2 rings (SSSR count). The van der Waals surface area contributed by atoms with Crippen molar-refractivity contribution >= 4 is 17.5 Å². The third-order valence-electron chi connectivity index (χ3n) is 3.32. The summed E-state index contributed by atoms with van der Waals surface area (Å²) < 4.78 is 0. The predicted octanol–water partition coefficient (Wildman–Crippen LogP) is 0.707. The highest BCUT2D eigenvalue weighted by molar-refractivity contribution is 5.92. The molecule has 0 aromatic heterocycles. The summed E-state index contributed by atoms with van der Waals surface area (Å²) in [7, 11) is 0. The molecule has 6 nitrogen and oxygen atoms in total. The Morgan fingerprint density at radius 1 is 1.48 bits per heavy atom. The Bertz CT molecular complexity index is 579. The zero-order valence-electron chi connectivity index (χ0n) is 11.9. The molecule has 0 aliphatic carbocycles. The molecule has 1 aromatic rings. The first-order chi connectivity index (χ1) is 10.1. The summed E-state index contributed by atoms with van der Waals surface area (Å²) in [4.78, 5) is 25.0. The number of carbonyl (C=O) groups is 2. The maximum Gasteiger partial charge on any atom is 0.238 e. The van der Waals surface area contributed by atoms with Gasteiger partial charge in [0.1, 0.15) is 0 Å². The highest BCUT2D eigenvalue weighted by Crippen LogP contribution is 2.11. The molecule has 0 radical (unpaired) electrons. The first-order valence-corrected chi connectivity index (χ1v) is 6.86. The van der Waals surface area contributed by atoms with E-state index in [1.165, 1.54) is 6.92 Å². The highest BCUT2D eigenvalue weighted by Gasteiger charge is 2.24. The van der Waals surface area contributed by atoms with E-state index in [1.54, 1.807) is 24.3 Å². The second-order valence-electron chi connectivity index (χ2n) is 5.16. The van der Waals surface area contributed by atoms with Crippen LogP contribution in [0.15, 0.2) is 24.3 Å². The maximum atomic E-state index is 12.0. The normalized spacial score (nSPS) is 18.0. The minimum Gasteiger partial charge on any atom is -0.352 e. The van der Waals surface area contributed by atoms with Gasteiger partial charge in [0.15, 0.2) is 0 Å². The third-order valence-corrected chi connectivity index (χ3v) is 3.32. The molecule has 1 aliphatic heterocycles. The number of hydrogen-bond donors (Lipinski definition) is 2. The molecular weight excluding hydrogens is 268 g/mol. The lowest BCUT2D eigenvalue weighted by atomic mass is 10.2. The first-order valence-electron chi connectivity index (χ1n) is 6.86. The van der Waals surface area contributed by atoms with E-state index in [9.17, 15) is 9.59 Å². The van der Waals surface area contributed by atoms with Crippen molar-refractivity contribution in [3.8, 4) is 6.07 Å². The number of nitrogens with zero attached hydrogens (tertiary/aromatic N) is 2. The molecule has 0 saturated carbocycles. The molecule has 2 amide bonds. The van der Waals surface area contributed by atoms with Crippen LogP contribution in [0, 0.1) is 11.3 Å². The number of nitrogens with one attached hydrogen (secondary N) is 2. The molecule has 1 aromatic carbocycles. The van der Waals surface area contributed by atoms with Crippen LogP contribution in [0.4, 0.5) is 5.69 Å². The molecule has 0 bridgehead atoms. The van der Waals surface area contributed by atoms with Gasteiger partial charge in [-0.15, -0.1) is 0 Å². The van der Waals surface area contributed by atoms with Crippen LogP contribution < -0.4 is 10.6 Å². The second kappa shape index (κ2) is 6.86. The van der Waals surface area contributed by atoms with Crippen LogP contribution in [0.1, 0.15) is 18.9 Å². The van der Waals surface area contributed by atoms with Crippen molar-refractivity contribution in [2.24, 2.45) is 0 Å². The Hall–Kier alpha value is -2.39. The van der Waals surface area contributed by atoms with Crippen molar-refractivity contribution in [2.45, 2.75) is 19.4 Å². The van der Waals surface area contributed by atoms with Crippen molar-refractivity contribution < 1.29 is 9.59 Å². The fourth-order valence-electron chi connectivity index (χ4n) is 2.45. The van der Waals surface area contributed by atoms with E-state index < -0.39 is 0 Å². The average molecular weight is 286 g/mol. The number of hydrogen-bond acceptors (Lipinski definition) is 4. The Kier molecular flexibility index (Phi) is 4.90. The van der Waals surface area contributed by atoms with Crippen LogP contribution in [0.3, 0.4) is 0 Å². The summed E-state index contributed by atoms with van der Waals surface area (Å²) in [5, 5.41) is 14.5. The topological polar surface area (TPSA) is 85.2 Å². The highest BCUT2D eigenvalue weighted by atomic mass is 16.2. The van der Waals surface area contributed by atoms with Crippen LogP contribution in [0.2, 0.25) is 0 Å². The number of carbonyl (C=O) groups excluding carboxylic acids is 2. The quantitative estimate of drug-likeness (QED) is 0.853. The Morgan fingerprint density at radius 2 is 2.29 bits per heavy atom. The third kappa shape index (κ3) is 4.58. The number of amides is 2. The van der Waals surface area contributed by atoms with Crippen molar-refractivity contribution in [3.63, 3.8) is 0 Å². The van der Waals surface area contributed by atoms with Gasteiger partial charge >= 0.3 is 0 Å². The maximum absolute atomic E-state index is 12.0. The van der Waals surface area contributed by atoms with E-state index >= 15 is 0 Å². The fourth-order valence-corrected chi connectivity index (χ4v) is 2.45. The largest absolute Gasteiger partial charge is 0.352 e. The van der Waals surface area contributed by atoms with Crippen molar-refractivity contribution in [2.75, 3.05) is 25.0 Å². The summed E-state index contributed by atoms with van der Waals surface area (Å²) in [5.41, 5.74) is 1.14. The molecule has 110 valence electrons. The van der Waals surface area contributed by atoms with Crippen LogP contribution in [0.25, 0.3) is 0 Å². The molecule has 1 heterocycles. The molecule has 2 N–H and O–H groups in total. The summed E-state index contributed by atoms with van der Waals surface area (Å²) in [5.74, 6) is -0.159. The summed E-state index contributed by atoms with van der Waals surface area (Å²) in [6, 6.07) is 8.97. The lowest BCUT2D eigenvalue weighted by Crippen LogP contribution is -2.37. The number of likely N-dealkylation sites (tertiary alicyclic amines) is 1. The molecule has 1 aliphatic rings. The number of nitriles is 1. The summed E-state index contributed by atoms with van der Waals surface area (Å²) in [6.07, 6.45) is 0.858. The first kappa shape index (κ1) is 15.0. The van der Waals surface area contributed by atoms with Crippen molar-refractivity contribution in [1.82, 2.24) is 10.2 Å². The lowest BCUT2D eigenvalue weighted by Gasteiger charge is -2.16. The van der Waals surface area contributed by atoms with Gasteiger partial charge in [0, 0.05) is 31.7 Å². The molecular formula is C15H18N4O2. The number of rotatable bonds is 4. The van der Waals surface area contributed by atoms with Crippen LogP contribution >= 0.6 is 0 Å². The van der Waals surface area contributed by atoms with Gasteiger partial charge in [0.2, 0.25) is 11.8 Å². The van der Waals surface area contributed by atoms with Gasteiger partial charge in [-0.1, -0.05) is 6.07 Å².